The average molecular weight is 426 g/mol. The van der Waals surface area contributed by atoms with Crippen molar-refractivity contribution < 1.29 is 17.7 Å². The SMILES string of the molecule is CC(C)(C)c1cc(NC(=O)[C@@H]2CCCCN2S(=O)(=O)c2ccc(Cl)cc2)no1. The van der Waals surface area contributed by atoms with Gasteiger partial charge in [-0.3, -0.25) is 4.79 Å². The molecule has 0 radical (unpaired) electrons. The number of sulfonamides is 1. The number of carbonyl (C=O) groups excluding carboxylic acids is 1. The van der Waals surface area contributed by atoms with Gasteiger partial charge in [-0.1, -0.05) is 43.9 Å². The molecular weight excluding hydrogens is 402 g/mol. The zero-order valence-electron chi connectivity index (χ0n) is 16.1. The van der Waals surface area contributed by atoms with Gasteiger partial charge in [0.2, 0.25) is 15.9 Å². The van der Waals surface area contributed by atoms with Crippen molar-refractivity contribution in [2.24, 2.45) is 0 Å². The molecule has 3 rings (SSSR count). The molecule has 1 atom stereocenters. The van der Waals surface area contributed by atoms with Crippen molar-refractivity contribution in [3.8, 4) is 0 Å². The number of aromatic nitrogens is 1. The van der Waals surface area contributed by atoms with Gasteiger partial charge in [0.25, 0.3) is 0 Å². The van der Waals surface area contributed by atoms with Crippen molar-refractivity contribution in [1.82, 2.24) is 9.46 Å². The van der Waals surface area contributed by atoms with Crippen molar-refractivity contribution >= 4 is 33.3 Å². The predicted octanol–water partition coefficient (Wildman–Crippen LogP) is 3.81. The molecule has 1 aromatic carbocycles. The van der Waals surface area contributed by atoms with E-state index < -0.39 is 22.0 Å². The maximum absolute atomic E-state index is 13.1. The lowest BCUT2D eigenvalue weighted by Crippen LogP contribution is -2.49. The molecule has 1 aromatic heterocycles. The third-order valence-corrected chi connectivity index (χ3v) is 6.85. The van der Waals surface area contributed by atoms with Crippen molar-refractivity contribution in [3.05, 3.63) is 41.1 Å². The minimum Gasteiger partial charge on any atom is -0.359 e. The van der Waals surface area contributed by atoms with Gasteiger partial charge in [-0.05, 0) is 37.1 Å². The van der Waals surface area contributed by atoms with Crippen molar-refractivity contribution in [3.63, 3.8) is 0 Å². The van der Waals surface area contributed by atoms with Crippen LogP contribution in [0, 0.1) is 0 Å². The van der Waals surface area contributed by atoms with Crippen molar-refractivity contribution in [2.75, 3.05) is 11.9 Å². The molecule has 0 saturated carbocycles. The van der Waals surface area contributed by atoms with Crippen molar-refractivity contribution in [2.45, 2.75) is 56.4 Å². The largest absolute Gasteiger partial charge is 0.359 e. The first kappa shape index (κ1) is 20.8. The monoisotopic (exact) mass is 425 g/mol. The van der Waals surface area contributed by atoms with E-state index in [0.717, 1.165) is 6.42 Å². The molecule has 0 spiro atoms. The molecule has 1 saturated heterocycles. The number of carbonyl (C=O) groups is 1. The number of benzene rings is 1. The van der Waals surface area contributed by atoms with Crippen LogP contribution in [-0.4, -0.2) is 36.4 Å². The number of rotatable bonds is 4. The van der Waals surface area contributed by atoms with Crippen LogP contribution < -0.4 is 5.32 Å². The highest BCUT2D eigenvalue weighted by molar-refractivity contribution is 7.89. The Morgan fingerprint density at radius 3 is 2.54 bits per heavy atom. The molecular formula is C19H24ClN3O4S. The molecule has 1 amide bonds. The Morgan fingerprint density at radius 2 is 1.93 bits per heavy atom. The van der Waals surface area contributed by atoms with Crippen LogP contribution in [0.25, 0.3) is 0 Å². The Labute approximate surface area is 170 Å². The van der Waals surface area contributed by atoms with Gasteiger partial charge >= 0.3 is 0 Å². The lowest BCUT2D eigenvalue weighted by atomic mass is 9.93. The standard InChI is InChI=1S/C19H24ClN3O4S/c1-19(2,3)16-12-17(22-27-16)21-18(24)15-6-4-5-11-23(15)28(25,26)14-9-7-13(20)8-10-14/h7-10,12,15H,4-6,11H2,1-3H3,(H,21,22,24)/t15-/m0/s1. The van der Waals surface area contributed by atoms with Gasteiger partial charge in [0, 0.05) is 23.0 Å². The van der Waals surface area contributed by atoms with Gasteiger partial charge in [0.15, 0.2) is 5.82 Å². The van der Waals surface area contributed by atoms with Crippen LogP contribution in [0.15, 0.2) is 39.8 Å². The molecule has 0 aliphatic carbocycles. The van der Waals surface area contributed by atoms with Crippen molar-refractivity contribution in [1.29, 1.82) is 0 Å². The zero-order chi connectivity index (χ0) is 20.5. The fraction of sp³-hybridized carbons (Fsp3) is 0.474. The molecule has 1 aliphatic heterocycles. The summed E-state index contributed by atoms with van der Waals surface area (Å²) in [5.41, 5.74) is -0.245. The number of nitrogens with one attached hydrogen (secondary N) is 1. The third-order valence-electron chi connectivity index (χ3n) is 4.68. The fourth-order valence-electron chi connectivity index (χ4n) is 3.09. The van der Waals surface area contributed by atoms with Crippen LogP contribution in [0.5, 0.6) is 0 Å². The molecule has 1 fully saturated rings. The lowest BCUT2D eigenvalue weighted by Gasteiger charge is -2.33. The van der Waals surface area contributed by atoms with Gasteiger partial charge in [-0.15, -0.1) is 0 Å². The summed E-state index contributed by atoms with van der Waals surface area (Å²) in [5, 5.41) is 7.03. The Balaban J connectivity index is 1.81. The van der Waals surface area contributed by atoms with E-state index in [1.165, 1.54) is 28.6 Å². The second-order valence-corrected chi connectivity index (χ2v) is 10.2. The molecule has 0 unspecified atom stereocenters. The van der Waals surface area contributed by atoms with E-state index in [4.69, 9.17) is 16.1 Å². The smallest absolute Gasteiger partial charge is 0.244 e. The lowest BCUT2D eigenvalue weighted by molar-refractivity contribution is -0.120. The summed E-state index contributed by atoms with van der Waals surface area (Å²) >= 11 is 5.86. The summed E-state index contributed by atoms with van der Waals surface area (Å²) in [7, 11) is -3.81. The molecule has 28 heavy (non-hydrogen) atoms. The van der Waals surface area contributed by atoms with Crippen LogP contribution in [-0.2, 0) is 20.2 Å². The van der Waals surface area contributed by atoms with E-state index in [-0.39, 0.29) is 22.7 Å². The number of amides is 1. The molecule has 2 aromatic rings. The number of hydrogen-bond donors (Lipinski definition) is 1. The summed E-state index contributed by atoms with van der Waals surface area (Å²) in [6, 6.07) is 6.82. The van der Waals surface area contributed by atoms with Gasteiger partial charge in [0.05, 0.1) is 4.90 Å². The molecule has 2 heterocycles. The Bertz CT molecular complexity index is 948. The summed E-state index contributed by atoms with van der Waals surface area (Å²) in [6.45, 7) is 6.21. The highest BCUT2D eigenvalue weighted by Gasteiger charge is 2.38. The van der Waals surface area contributed by atoms with Crippen LogP contribution in [0.4, 0.5) is 5.82 Å². The minimum absolute atomic E-state index is 0.119. The summed E-state index contributed by atoms with van der Waals surface area (Å²) in [4.78, 5) is 13.0. The molecule has 0 bridgehead atoms. The highest BCUT2D eigenvalue weighted by Crippen LogP contribution is 2.28. The number of hydrogen-bond acceptors (Lipinski definition) is 5. The summed E-state index contributed by atoms with van der Waals surface area (Å²) in [6.07, 6.45) is 1.92. The fourth-order valence-corrected chi connectivity index (χ4v) is 4.88. The van der Waals surface area contributed by atoms with Crippen LogP contribution in [0.2, 0.25) is 5.02 Å². The maximum atomic E-state index is 13.1. The second kappa shape index (κ2) is 7.85. The average Bonchev–Trinajstić information content (AvgIpc) is 3.11. The first-order valence-electron chi connectivity index (χ1n) is 9.14. The molecule has 7 nitrogen and oxygen atoms in total. The molecule has 152 valence electrons. The summed E-state index contributed by atoms with van der Waals surface area (Å²) in [5.74, 6) is 0.507. The van der Waals surface area contributed by atoms with E-state index in [9.17, 15) is 13.2 Å². The quantitative estimate of drug-likeness (QED) is 0.804. The van der Waals surface area contributed by atoms with Gasteiger partial charge in [0.1, 0.15) is 11.8 Å². The van der Waals surface area contributed by atoms with E-state index >= 15 is 0 Å². The minimum atomic E-state index is -3.81. The van der Waals surface area contributed by atoms with E-state index in [1.807, 2.05) is 20.8 Å². The zero-order valence-corrected chi connectivity index (χ0v) is 17.7. The molecule has 9 heteroatoms. The Morgan fingerprint density at radius 1 is 1.25 bits per heavy atom. The van der Waals surface area contributed by atoms with Gasteiger partial charge in [-0.25, -0.2) is 8.42 Å². The van der Waals surface area contributed by atoms with E-state index in [1.54, 1.807) is 6.07 Å². The second-order valence-electron chi connectivity index (χ2n) is 7.90. The molecule has 1 aliphatic rings. The number of nitrogens with zero attached hydrogens (tertiary/aromatic N) is 2. The molecule has 1 N–H and O–H groups in total. The van der Waals surface area contributed by atoms with E-state index in [0.29, 0.717) is 23.6 Å². The number of halogens is 1. The Kier molecular flexibility index (Phi) is 5.84. The first-order valence-corrected chi connectivity index (χ1v) is 11.0. The van der Waals surface area contributed by atoms with Gasteiger partial charge in [-0.2, -0.15) is 4.31 Å². The van der Waals surface area contributed by atoms with Crippen LogP contribution >= 0.6 is 11.6 Å². The van der Waals surface area contributed by atoms with E-state index in [2.05, 4.69) is 10.5 Å². The Hall–Kier alpha value is -1.90. The summed E-state index contributed by atoms with van der Waals surface area (Å²) < 4.78 is 32.7. The predicted molar refractivity (Wildman–Crippen MR) is 107 cm³/mol. The van der Waals surface area contributed by atoms with Gasteiger partial charge < -0.3 is 9.84 Å². The maximum Gasteiger partial charge on any atom is 0.244 e. The first-order chi connectivity index (χ1) is 13.1. The highest BCUT2D eigenvalue weighted by atomic mass is 35.5. The third kappa shape index (κ3) is 4.39. The number of piperidine rings is 1. The van der Waals surface area contributed by atoms with Crippen LogP contribution in [0.1, 0.15) is 45.8 Å². The topological polar surface area (TPSA) is 92.5 Å². The normalized spacial score (nSPS) is 18.8. The van der Waals surface area contributed by atoms with Crippen LogP contribution in [0.3, 0.4) is 0 Å². The number of anilines is 1.